The topological polar surface area (TPSA) is 82.6 Å². The number of fused-ring (bicyclic) bond motifs is 1. The van der Waals surface area contributed by atoms with E-state index in [1.54, 1.807) is 4.90 Å². The van der Waals surface area contributed by atoms with Crippen molar-refractivity contribution in [3.8, 4) is 11.3 Å². The quantitative estimate of drug-likeness (QED) is 0.579. The third kappa shape index (κ3) is 4.47. The molecule has 3 heterocycles. The Bertz CT molecular complexity index is 1260. The minimum absolute atomic E-state index is 0.166. The molecule has 0 bridgehead atoms. The number of rotatable bonds is 6. The number of carbonyl (C=O) groups is 3. The van der Waals surface area contributed by atoms with Crippen LogP contribution in [0.2, 0.25) is 0 Å². The summed E-state index contributed by atoms with van der Waals surface area (Å²) in [5.74, 6) is -0.847. The molecule has 2 aliphatic heterocycles. The molecule has 1 atom stereocenters. The molecule has 0 aliphatic carbocycles. The summed E-state index contributed by atoms with van der Waals surface area (Å²) >= 11 is 0. The number of hydrogen-bond donors (Lipinski definition) is 1. The third-order valence-electron chi connectivity index (χ3n) is 6.39. The second-order valence-corrected chi connectivity index (χ2v) is 8.98. The fraction of sp³-hybridized carbons (Fsp3) is 0.259. The number of piperidine rings is 1. The van der Waals surface area contributed by atoms with Crippen molar-refractivity contribution < 1.29 is 14.4 Å². The summed E-state index contributed by atoms with van der Waals surface area (Å²) < 4.78 is 0. The van der Waals surface area contributed by atoms with E-state index >= 15 is 0 Å². The van der Waals surface area contributed by atoms with Crippen molar-refractivity contribution in [3.05, 3.63) is 89.1 Å². The Balaban J connectivity index is 1.31. The highest BCUT2D eigenvalue weighted by Crippen LogP contribution is 2.31. The Morgan fingerprint density at radius 3 is 2.59 bits per heavy atom. The minimum atomic E-state index is -0.609. The lowest BCUT2D eigenvalue weighted by Crippen LogP contribution is -2.52. The summed E-state index contributed by atoms with van der Waals surface area (Å²) in [6, 6.07) is 19.6. The molecule has 0 saturated carbocycles. The highest BCUT2D eigenvalue weighted by molar-refractivity contribution is 6.05. The van der Waals surface area contributed by atoms with Crippen LogP contribution in [0.4, 0.5) is 0 Å². The van der Waals surface area contributed by atoms with Crippen molar-refractivity contribution in [1.29, 1.82) is 0 Å². The monoisotopic (exact) mass is 454 g/mol. The number of carbonyl (C=O) groups excluding carboxylic acids is 3. The fourth-order valence-corrected chi connectivity index (χ4v) is 4.73. The first kappa shape index (κ1) is 22.0. The molecule has 1 saturated heterocycles. The normalized spacial score (nSPS) is 17.8. The van der Waals surface area contributed by atoms with E-state index in [0.29, 0.717) is 18.5 Å². The number of aromatic nitrogens is 1. The molecular weight excluding hydrogens is 428 g/mol. The first-order valence-electron chi connectivity index (χ1n) is 11.4. The predicted molar refractivity (Wildman–Crippen MR) is 127 cm³/mol. The lowest BCUT2D eigenvalue weighted by Gasteiger charge is -2.29. The van der Waals surface area contributed by atoms with Crippen molar-refractivity contribution in [3.63, 3.8) is 0 Å². The lowest BCUT2D eigenvalue weighted by atomic mass is 10.0. The van der Waals surface area contributed by atoms with Gasteiger partial charge in [0.15, 0.2) is 0 Å². The fourth-order valence-electron chi connectivity index (χ4n) is 4.73. The van der Waals surface area contributed by atoms with Gasteiger partial charge in [-0.15, -0.1) is 0 Å². The highest BCUT2D eigenvalue weighted by atomic mass is 16.2. The summed E-state index contributed by atoms with van der Waals surface area (Å²) in [6.07, 6.45) is 2.42. The summed E-state index contributed by atoms with van der Waals surface area (Å²) in [6.45, 7) is 2.00. The minimum Gasteiger partial charge on any atom is -0.322 e. The molecule has 1 fully saturated rings. The molecule has 34 heavy (non-hydrogen) atoms. The number of amides is 3. The van der Waals surface area contributed by atoms with Gasteiger partial charge in [-0.05, 0) is 54.4 Å². The largest absolute Gasteiger partial charge is 0.322 e. The van der Waals surface area contributed by atoms with Crippen molar-refractivity contribution in [2.24, 2.45) is 0 Å². The molecule has 3 amide bonds. The molecule has 1 N–H and O–H groups in total. The van der Waals surface area contributed by atoms with Gasteiger partial charge in [-0.25, -0.2) is 0 Å². The van der Waals surface area contributed by atoms with Gasteiger partial charge < -0.3 is 4.90 Å². The van der Waals surface area contributed by atoms with Gasteiger partial charge in [0, 0.05) is 43.4 Å². The molecule has 0 spiro atoms. The SMILES string of the molecule is CN(Cc1ccccc1)Cc1ccnc(-c2ccc3c(c2)CN(C2CCC(=O)NC2=O)C3=O)c1. The first-order valence-corrected chi connectivity index (χ1v) is 11.4. The molecule has 7 heteroatoms. The highest BCUT2D eigenvalue weighted by Gasteiger charge is 2.39. The van der Waals surface area contributed by atoms with Crippen LogP contribution in [-0.2, 0) is 29.2 Å². The molecule has 5 rings (SSSR count). The van der Waals surface area contributed by atoms with E-state index in [1.165, 1.54) is 5.56 Å². The molecule has 172 valence electrons. The molecule has 1 aromatic heterocycles. The van der Waals surface area contributed by atoms with Crippen LogP contribution in [-0.4, -0.2) is 45.6 Å². The van der Waals surface area contributed by atoms with E-state index in [-0.39, 0.29) is 18.2 Å². The van der Waals surface area contributed by atoms with Gasteiger partial charge >= 0.3 is 0 Å². The van der Waals surface area contributed by atoms with E-state index in [2.05, 4.69) is 40.4 Å². The number of hydrogen-bond acceptors (Lipinski definition) is 5. The molecule has 3 aromatic rings. The van der Waals surface area contributed by atoms with Gasteiger partial charge in [-0.3, -0.25) is 29.6 Å². The zero-order valence-electron chi connectivity index (χ0n) is 19.0. The Labute approximate surface area is 198 Å². The van der Waals surface area contributed by atoms with Crippen molar-refractivity contribution in [1.82, 2.24) is 20.1 Å². The average Bonchev–Trinajstić information content (AvgIpc) is 3.15. The van der Waals surface area contributed by atoms with Gasteiger partial charge in [0.1, 0.15) is 6.04 Å². The summed E-state index contributed by atoms with van der Waals surface area (Å²) in [5.41, 5.74) is 5.69. The molecule has 1 unspecified atom stereocenters. The third-order valence-corrected chi connectivity index (χ3v) is 6.39. The number of benzene rings is 2. The predicted octanol–water partition coefficient (Wildman–Crippen LogP) is 3.14. The van der Waals surface area contributed by atoms with Crippen LogP contribution in [0.15, 0.2) is 66.9 Å². The van der Waals surface area contributed by atoms with Crippen LogP contribution >= 0.6 is 0 Å². The number of imide groups is 1. The molecule has 0 radical (unpaired) electrons. The van der Waals surface area contributed by atoms with Gasteiger partial charge in [0.05, 0.1) is 5.69 Å². The van der Waals surface area contributed by atoms with Crippen molar-refractivity contribution >= 4 is 17.7 Å². The Morgan fingerprint density at radius 2 is 1.79 bits per heavy atom. The molecular formula is C27H26N4O3. The second kappa shape index (κ2) is 9.19. The van der Waals surface area contributed by atoms with Crippen molar-refractivity contribution in [2.45, 2.75) is 38.5 Å². The first-order chi connectivity index (χ1) is 16.5. The maximum absolute atomic E-state index is 12.9. The Hall–Kier alpha value is -3.84. The van der Waals surface area contributed by atoms with Gasteiger partial charge in [0.25, 0.3) is 5.91 Å². The maximum atomic E-state index is 12.9. The van der Waals surface area contributed by atoms with Crippen LogP contribution < -0.4 is 5.32 Å². The summed E-state index contributed by atoms with van der Waals surface area (Å²) in [5, 5.41) is 2.34. The molecule has 7 nitrogen and oxygen atoms in total. The van der Waals surface area contributed by atoms with Crippen LogP contribution in [0.1, 0.15) is 39.9 Å². The summed E-state index contributed by atoms with van der Waals surface area (Å²) in [7, 11) is 2.09. The van der Waals surface area contributed by atoms with E-state index in [9.17, 15) is 14.4 Å². The standard InChI is InChI=1S/C27H26N4O3/c1-30(15-18-5-3-2-4-6-18)16-19-11-12-28-23(13-19)20-7-8-22-21(14-20)17-31(27(22)34)24-9-10-25(32)29-26(24)33/h2-8,11-14,24H,9-10,15-17H2,1H3,(H,29,32,33). The van der Waals surface area contributed by atoms with Gasteiger partial charge in [-0.1, -0.05) is 36.4 Å². The summed E-state index contributed by atoms with van der Waals surface area (Å²) in [4.78, 5) is 45.1. The Morgan fingerprint density at radius 1 is 1.00 bits per heavy atom. The van der Waals surface area contributed by atoms with Crippen LogP contribution in [0.25, 0.3) is 11.3 Å². The van der Waals surface area contributed by atoms with E-state index in [1.807, 2.05) is 48.7 Å². The lowest BCUT2D eigenvalue weighted by molar-refractivity contribution is -0.136. The van der Waals surface area contributed by atoms with Gasteiger partial charge in [0.2, 0.25) is 11.8 Å². The Kier molecular flexibility index (Phi) is 5.94. The smallest absolute Gasteiger partial charge is 0.255 e. The van der Waals surface area contributed by atoms with Crippen LogP contribution in [0, 0.1) is 0 Å². The average molecular weight is 455 g/mol. The molecule has 2 aromatic carbocycles. The zero-order valence-corrected chi connectivity index (χ0v) is 19.0. The van der Waals surface area contributed by atoms with E-state index in [4.69, 9.17) is 0 Å². The second-order valence-electron chi connectivity index (χ2n) is 8.98. The van der Waals surface area contributed by atoms with E-state index in [0.717, 1.165) is 35.5 Å². The maximum Gasteiger partial charge on any atom is 0.255 e. The zero-order chi connectivity index (χ0) is 23.7. The molecule has 2 aliphatic rings. The number of pyridine rings is 1. The number of nitrogens with one attached hydrogen (secondary N) is 1. The van der Waals surface area contributed by atoms with E-state index < -0.39 is 11.9 Å². The van der Waals surface area contributed by atoms with Crippen LogP contribution in [0.3, 0.4) is 0 Å². The van der Waals surface area contributed by atoms with Crippen LogP contribution in [0.5, 0.6) is 0 Å². The van der Waals surface area contributed by atoms with Crippen molar-refractivity contribution in [2.75, 3.05) is 7.05 Å². The van der Waals surface area contributed by atoms with Gasteiger partial charge in [-0.2, -0.15) is 0 Å². The number of nitrogens with zero attached hydrogens (tertiary/aromatic N) is 3.